The monoisotopic (exact) mass is 256 g/mol. The molecule has 0 saturated heterocycles. The van der Waals surface area contributed by atoms with Crippen molar-refractivity contribution >= 4 is 0 Å². The summed E-state index contributed by atoms with van der Waals surface area (Å²) in [5.74, 6) is 1.11. The van der Waals surface area contributed by atoms with E-state index in [0.29, 0.717) is 6.61 Å². The second-order valence-corrected chi connectivity index (χ2v) is 4.83. The molecule has 0 amide bonds. The van der Waals surface area contributed by atoms with Gasteiger partial charge in [-0.25, -0.2) is 0 Å². The first kappa shape index (κ1) is 12.1. The molecule has 3 rings (SSSR count). The Morgan fingerprint density at radius 2 is 1.89 bits per heavy atom. The Labute approximate surface area is 112 Å². The van der Waals surface area contributed by atoms with Crippen LogP contribution in [0.1, 0.15) is 29.2 Å². The van der Waals surface area contributed by atoms with Crippen LogP contribution in [0, 0.1) is 0 Å². The second kappa shape index (κ2) is 4.94. The van der Waals surface area contributed by atoms with Gasteiger partial charge in [0.15, 0.2) is 0 Å². The molecule has 1 aliphatic carbocycles. The highest BCUT2D eigenvalue weighted by Crippen LogP contribution is 2.36. The van der Waals surface area contributed by atoms with Gasteiger partial charge < -0.3 is 14.9 Å². The van der Waals surface area contributed by atoms with Gasteiger partial charge in [-0.05, 0) is 42.2 Å². The molecule has 0 bridgehead atoms. The van der Waals surface area contributed by atoms with E-state index in [4.69, 9.17) is 4.74 Å². The van der Waals surface area contributed by atoms with Crippen LogP contribution in [0.4, 0.5) is 0 Å². The van der Waals surface area contributed by atoms with Crippen molar-refractivity contribution in [1.82, 2.24) is 0 Å². The van der Waals surface area contributed by atoms with Gasteiger partial charge in [0.25, 0.3) is 0 Å². The normalized spacial score (nSPS) is 17.2. The van der Waals surface area contributed by atoms with Gasteiger partial charge in [-0.3, -0.25) is 0 Å². The van der Waals surface area contributed by atoms with E-state index in [2.05, 4.69) is 0 Å². The molecule has 98 valence electrons. The van der Waals surface area contributed by atoms with Crippen molar-refractivity contribution in [3.05, 3.63) is 59.2 Å². The van der Waals surface area contributed by atoms with Gasteiger partial charge in [0.2, 0.25) is 0 Å². The Morgan fingerprint density at radius 1 is 1.11 bits per heavy atom. The lowest BCUT2D eigenvalue weighted by atomic mass is 10.1. The molecule has 2 aromatic carbocycles. The molecule has 2 aromatic rings. The molecule has 2 N–H and O–H groups in total. The fourth-order valence-electron chi connectivity index (χ4n) is 2.49. The third kappa shape index (κ3) is 2.42. The van der Waals surface area contributed by atoms with Crippen LogP contribution in [0.2, 0.25) is 0 Å². The number of phenols is 1. The Hall–Kier alpha value is -2.00. The predicted molar refractivity (Wildman–Crippen MR) is 72.2 cm³/mol. The SMILES string of the molecule is Oc1ccc(COc2cccc3c2CCC3O)cc1. The summed E-state index contributed by atoms with van der Waals surface area (Å²) in [6.07, 6.45) is 1.28. The molecule has 0 radical (unpaired) electrons. The highest BCUT2D eigenvalue weighted by atomic mass is 16.5. The molecule has 0 fully saturated rings. The maximum atomic E-state index is 9.84. The molecule has 3 nitrogen and oxygen atoms in total. The number of hydrogen-bond donors (Lipinski definition) is 2. The average molecular weight is 256 g/mol. The first-order chi connectivity index (χ1) is 9.24. The molecule has 3 heteroatoms. The van der Waals surface area contributed by atoms with Gasteiger partial charge in [0.05, 0.1) is 6.10 Å². The molecule has 1 aliphatic rings. The fourth-order valence-corrected chi connectivity index (χ4v) is 2.49. The van der Waals surface area contributed by atoms with Crippen LogP contribution in [-0.4, -0.2) is 10.2 Å². The van der Waals surface area contributed by atoms with E-state index in [0.717, 1.165) is 35.3 Å². The minimum absolute atomic E-state index is 0.257. The maximum Gasteiger partial charge on any atom is 0.123 e. The highest BCUT2D eigenvalue weighted by Gasteiger charge is 2.23. The van der Waals surface area contributed by atoms with Gasteiger partial charge in [0, 0.05) is 5.56 Å². The van der Waals surface area contributed by atoms with E-state index >= 15 is 0 Å². The van der Waals surface area contributed by atoms with Gasteiger partial charge in [-0.15, -0.1) is 0 Å². The van der Waals surface area contributed by atoms with Crippen LogP contribution in [0.3, 0.4) is 0 Å². The molecule has 1 atom stereocenters. The summed E-state index contributed by atoms with van der Waals surface area (Å²) in [5, 5.41) is 19.1. The number of aromatic hydroxyl groups is 1. The van der Waals surface area contributed by atoms with Gasteiger partial charge >= 0.3 is 0 Å². The number of ether oxygens (including phenoxy) is 1. The number of hydrogen-bond acceptors (Lipinski definition) is 3. The minimum atomic E-state index is -0.354. The van der Waals surface area contributed by atoms with Crippen molar-refractivity contribution in [3.8, 4) is 11.5 Å². The first-order valence-electron chi connectivity index (χ1n) is 6.44. The summed E-state index contributed by atoms with van der Waals surface area (Å²) < 4.78 is 5.83. The van der Waals surface area contributed by atoms with E-state index in [1.54, 1.807) is 12.1 Å². The lowest BCUT2D eigenvalue weighted by Crippen LogP contribution is -1.98. The molecule has 0 aliphatic heterocycles. The van der Waals surface area contributed by atoms with Crippen molar-refractivity contribution in [2.45, 2.75) is 25.6 Å². The second-order valence-electron chi connectivity index (χ2n) is 4.83. The van der Waals surface area contributed by atoms with Gasteiger partial charge in [-0.2, -0.15) is 0 Å². The van der Waals surface area contributed by atoms with E-state index in [9.17, 15) is 10.2 Å². The standard InChI is InChI=1S/C16H16O3/c17-12-6-4-11(5-7-12)10-19-16-3-1-2-13-14(16)8-9-15(13)18/h1-7,15,17-18H,8-10H2. The van der Waals surface area contributed by atoms with Crippen LogP contribution in [-0.2, 0) is 13.0 Å². The lowest BCUT2D eigenvalue weighted by Gasteiger charge is -2.11. The zero-order chi connectivity index (χ0) is 13.2. The van der Waals surface area contributed by atoms with E-state index in [1.807, 2.05) is 30.3 Å². The zero-order valence-corrected chi connectivity index (χ0v) is 10.5. The molecule has 1 unspecified atom stereocenters. The molecular weight excluding hydrogens is 240 g/mol. The minimum Gasteiger partial charge on any atom is -0.508 e. The number of rotatable bonds is 3. The first-order valence-corrected chi connectivity index (χ1v) is 6.44. The molecule has 0 saturated carbocycles. The number of benzene rings is 2. The summed E-state index contributed by atoms with van der Waals surface area (Å²) in [4.78, 5) is 0. The summed E-state index contributed by atoms with van der Waals surface area (Å²) in [6.45, 7) is 0.465. The van der Waals surface area contributed by atoms with Gasteiger partial charge in [-0.1, -0.05) is 24.3 Å². The largest absolute Gasteiger partial charge is 0.508 e. The third-order valence-electron chi connectivity index (χ3n) is 3.53. The zero-order valence-electron chi connectivity index (χ0n) is 10.5. The molecule has 0 aromatic heterocycles. The van der Waals surface area contributed by atoms with Crippen LogP contribution < -0.4 is 4.74 Å². The summed E-state index contributed by atoms with van der Waals surface area (Å²) in [7, 11) is 0. The Kier molecular flexibility index (Phi) is 3.13. The summed E-state index contributed by atoms with van der Waals surface area (Å²) in [5.41, 5.74) is 3.12. The lowest BCUT2D eigenvalue weighted by molar-refractivity contribution is 0.180. The fraction of sp³-hybridized carbons (Fsp3) is 0.250. The predicted octanol–water partition coefficient (Wildman–Crippen LogP) is 2.95. The number of fused-ring (bicyclic) bond motifs is 1. The highest BCUT2D eigenvalue weighted by molar-refractivity contribution is 5.44. The van der Waals surface area contributed by atoms with Crippen LogP contribution in [0.25, 0.3) is 0 Å². The van der Waals surface area contributed by atoms with Gasteiger partial charge in [0.1, 0.15) is 18.1 Å². The topological polar surface area (TPSA) is 49.7 Å². The Balaban J connectivity index is 1.76. The van der Waals surface area contributed by atoms with Crippen molar-refractivity contribution in [3.63, 3.8) is 0 Å². The maximum absolute atomic E-state index is 9.84. The third-order valence-corrected chi connectivity index (χ3v) is 3.53. The van der Waals surface area contributed by atoms with E-state index < -0.39 is 0 Å². The molecule has 19 heavy (non-hydrogen) atoms. The van der Waals surface area contributed by atoms with Crippen molar-refractivity contribution < 1.29 is 14.9 Å². The number of aliphatic hydroxyl groups is 1. The van der Waals surface area contributed by atoms with E-state index in [1.165, 1.54) is 0 Å². The average Bonchev–Trinajstić information content (AvgIpc) is 2.81. The summed E-state index contributed by atoms with van der Waals surface area (Å²) in [6, 6.07) is 12.8. The Bertz CT molecular complexity index is 575. The van der Waals surface area contributed by atoms with Crippen molar-refractivity contribution in [2.75, 3.05) is 0 Å². The number of phenolic OH excluding ortho intramolecular Hbond substituents is 1. The van der Waals surface area contributed by atoms with Crippen molar-refractivity contribution in [1.29, 1.82) is 0 Å². The number of aliphatic hydroxyl groups excluding tert-OH is 1. The molecule has 0 heterocycles. The van der Waals surface area contributed by atoms with Crippen LogP contribution >= 0.6 is 0 Å². The molecule has 0 spiro atoms. The van der Waals surface area contributed by atoms with Crippen molar-refractivity contribution in [2.24, 2.45) is 0 Å². The molecular formula is C16H16O3. The quantitative estimate of drug-likeness (QED) is 0.887. The van der Waals surface area contributed by atoms with E-state index in [-0.39, 0.29) is 11.9 Å². The van der Waals surface area contributed by atoms with Crippen LogP contribution in [0.15, 0.2) is 42.5 Å². The van der Waals surface area contributed by atoms with Crippen LogP contribution in [0.5, 0.6) is 11.5 Å². The Morgan fingerprint density at radius 3 is 2.68 bits per heavy atom. The summed E-state index contributed by atoms with van der Waals surface area (Å²) >= 11 is 0. The smallest absolute Gasteiger partial charge is 0.123 e.